The van der Waals surface area contributed by atoms with Gasteiger partial charge in [0.1, 0.15) is 5.75 Å². The summed E-state index contributed by atoms with van der Waals surface area (Å²) in [7, 11) is 0. The van der Waals surface area contributed by atoms with Crippen LogP contribution in [0.3, 0.4) is 0 Å². The molecule has 0 aliphatic heterocycles. The van der Waals surface area contributed by atoms with Gasteiger partial charge in [-0.3, -0.25) is 0 Å². The van der Waals surface area contributed by atoms with Crippen molar-refractivity contribution in [3.63, 3.8) is 0 Å². The van der Waals surface area contributed by atoms with Gasteiger partial charge in [0.05, 0.1) is 5.02 Å². The lowest BCUT2D eigenvalue weighted by Crippen LogP contribution is -2.31. The first-order valence-electron chi connectivity index (χ1n) is 6.83. The van der Waals surface area contributed by atoms with Gasteiger partial charge in [-0.2, -0.15) is 0 Å². The van der Waals surface area contributed by atoms with Crippen LogP contribution < -0.4 is 5.32 Å². The van der Waals surface area contributed by atoms with Crippen LogP contribution in [0.4, 0.5) is 0 Å². The van der Waals surface area contributed by atoms with Gasteiger partial charge in [-0.05, 0) is 42.4 Å². The third kappa shape index (κ3) is 3.18. The first-order valence-corrected chi connectivity index (χ1v) is 7.21. The summed E-state index contributed by atoms with van der Waals surface area (Å²) in [5, 5.41) is 13.3. The lowest BCUT2D eigenvalue weighted by molar-refractivity contribution is 0.268. The second-order valence-corrected chi connectivity index (χ2v) is 5.86. The number of benzene rings is 1. The Labute approximate surface area is 114 Å². The van der Waals surface area contributed by atoms with E-state index in [-0.39, 0.29) is 5.75 Å². The molecule has 0 spiro atoms. The molecule has 0 atom stereocenters. The number of nitrogens with one attached hydrogen (secondary N) is 1. The molecule has 0 unspecified atom stereocenters. The van der Waals surface area contributed by atoms with E-state index in [1.807, 2.05) is 12.1 Å². The Morgan fingerprint density at radius 3 is 2.67 bits per heavy atom. The van der Waals surface area contributed by atoms with Crippen LogP contribution in [0.1, 0.15) is 44.6 Å². The van der Waals surface area contributed by atoms with Gasteiger partial charge in [0.15, 0.2) is 0 Å². The van der Waals surface area contributed by atoms with Gasteiger partial charge in [0.25, 0.3) is 0 Å². The molecule has 18 heavy (non-hydrogen) atoms. The summed E-state index contributed by atoms with van der Waals surface area (Å²) in [4.78, 5) is 0. The van der Waals surface area contributed by atoms with E-state index in [0.29, 0.717) is 10.4 Å². The summed E-state index contributed by atoms with van der Waals surface area (Å²) in [5.41, 5.74) is 1.64. The molecule has 0 heterocycles. The molecule has 1 aliphatic rings. The Hall–Kier alpha value is -0.730. The molecule has 2 rings (SSSR count). The first-order chi connectivity index (χ1) is 8.65. The molecule has 0 amide bonds. The molecule has 100 valence electrons. The summed E-state index contributed by atoms with van der Waals surface area (Å²) < 4.78 is 0. The number of aromatic hydroxyl groups is 1. The number of hydrogen-bond donors (Lipinski definition) is 2. The molecule has 2 nitrogen and oxygen atoms in total. The number of rotatable bonds is 5. The maximum Gasteiger partial charge on any atom is 0.134 e. The van der Waals surface area contributed by atoms with E-state index in [1.54, 1.807) is 6.07 Å². The first kappa shape index (κ1) is 13.7. The van der Waals surface area contributed by atoms with Crippen molar-refractivity contribution in [3.8, 4) is 5.75 Å². The van der Waals surface area contributed by atoms with E-state index in [2.05, 4.69) is 12.2 Å². The van der Waals surface area contributed by atoms with E-state index < -0.39 is 0 Å². The maximum absolute atomic E-state index is 9.37. The minimum absolute atomic E-state index is 0.154. The van der Waals surface area contributed by atoms with Crippen LogP contribution in [0.15, 0.2) is 18.2 Å². The average molecular weight is 268 g/mol. The maximum atomic E-state index is 9.37. The highest BCUT2D eigenvalue weighted by Gasteiger charge is 2.31. The van der Waals surface area contributed by atoms with Gasteiger partial charge in [-0.25, -0.2) is 0 Å². The molecule has 0 saturated heterocycles. The number of phenolic OH excluding ortho intramolecular Hbond substituents is 1. The molecular formula is C15H22ClNO. The Morgan fingerprint density at radius 1 is 1.33 bits per heavy atom. The van der Waals surface area contributed by atoms with Crippen molar-refractivity contribution in [2.45, 2.75) is 45.6 Å². The van der Waals surface area contributed by atoms with E-state index in [1.165, 1.54) is 32.1 Å². The van der Waals surface area contributed by atoms with Crippen LogP contribution in [0, 0.1) is 5.41 Å². The van der Waals surface area contributed by atoms with Crippen molar-refractivity contribution in [3.05, 3.63) is 28.8 Å². The second-order valence-electron chi connectivity index (χ2n) is 5.45. The zero-order chi connectivity index (χ0) is 13.0. The average Bonchev–Trinajstić information content (AvgIpc) is 2.83. The van der Waals surface area contributed by atoms with Crippen molar-refractivity contribution in [1.82, 2.24) is 5.32 Å². The third-order valence-electron chi connectivity index (χ3n) is 4.26. The lowest BCUT2D eigenvalue weighted by Gasteiger charge is -2.27. The van der Waals surface area contributed by atoms with Crippen LogP contribution in [-0.4, -0.2) is 11.7 Å². The van der Waals surface area contributed by atoms with Crippen molar-refractivity contribution in [1.29, 1.82) is 0 Å². The Balaban J connectivity index is 1.86. The number of phenols is 1. The third-order valence-corrected chi connectivity index (χ3v) is 4.56. The van der Waals surface area contributed by atoms with Gasteiger partial charge in [0, 0.05) is 13.1 Å². The predicted octanol–water partition coefficient (Wildman–Crippen LogP) is 4.11. The van der Waals surface area contributed by atoms with Gasteiger partial charge in [-0.15, -0.1) is 0 Å². The fourth-order valence-electron chi connectivity index (χ4n) is 2.91. The molecule has 0 bridgehead atoms. The summed E-state index contributed by atoms with van der Waals surface area (Å²) in [6.45, 7) is 4.20. The predicted molar refractivity (Wildman–Crippen MR) is 76.0 cm³/mol. The molecule has 1 saturated carbocycles. The second kappa shape index (κ2) is 5.94. The standard InChI is InChI=1S/C15H22ClNO/c1-2-15(7-3-4-8-15)11-17-10-12-5-6-14(18)13(16)9-12/h5-6,9,17-18H,2-4,7-8,10-11H2,1H3. The monoisotopic (exact) mass is 267 g/mol. The van der Waals surface area contributed by atoms with E-state index in [9.17, 15) is 5.11 Å². The molecule has 1 fully saturated rings. The highest BCUT2D eigenvalue weighted by atomic mass is 35.5. The van der Waals surface area contributed by atoms with Gasteiger partial charge < -0.3 is 10.4 Å². The molecule has 3 heteroatoms. The van der Waals surface area contributed by atoms with Crippen LogP contribution >= 0.6 is 11.6 Å². The molecule has 0 radical (unpaired) electrons. The van der Waals surface area contributed by atoms with Crippen LogP contribution in [0.25, 0.3) is 0 Å². The zero-order valence-electron chi connectivity index (χ0n) is 11.0. The summed E-state index contributed by atoms with van der Waals surface area (Å²) >= 11 is 5.90. The van der Waals surface area contributed by atoms with Gasteiger partial charge in [-0.1, -0.05) is 37.4 Å². The zero-order valence-corrected chi connectivity index (χ0v) is 11.8. The molecule has 2 N–H and O–H groups in total. The fraction of sp³-hybridized carbons (Fsp3) is 0.600. The highest BCUT2D eigenvalue weighted by molar-refractivity contribution is 6.32. The van der Waals surface area contributed by atoms with E-state index in [0.717, 1.165) is 18.7 Å². The van der Waals surface area contributed by atoms with Crippen molar-refractivity contribution in [2.24, 2.45) is 5.41 Å². The van der Waals surface area contributed by atoms with E-state index in [4.69, 9.17) is 11.6 Å². The van der Waals surface area contributed by atoms with Gasteiger partial charge in [0.2, 0.25) is 0 Å². The minimum Gasteiger partial charge on any atom is -0.506 e. The molecule has 0 aromatic heterocycles. The molecular weight excluding hydrogens is 246 g/mol. The Bertz CT molecular complexity index is 399. The largest absolute Gasteiger partial charge is 0.506 e. The van der Waals surface area contributed by atoms with Crippen LogP contribution in [-0.2, 0) is 6.54 Å². The lowest BCUT2D eigenvalue weighted by atomic mass is 9.83. The Kier molecular flexibility index (Phi) is 4.52. The molecule has 1 aromatic rings. The topological polar surface area (TPSA) is 32.3 Å². The van der Waals surface area contributed by atoms with Gasteiger partial charge >= 0.3 is 0 Å². The summed E-state index contributed by atoms with van der Waals surface area (Å²) in [6.07, 6.45) is 6.72. The van der Waals surface area contributed by atoms with Crippen LogP contribution in [0.5, 0.6) is 5.75 Å². The van der Waals surface area contributed by atoms with Crippen LogP contribution in [0.2, 0.25) is 5.02 Å². The summed E-state index contributed by atoms with van der Waals surface area (Å²) in [6, 6.07) is 5.41. The number of hydrogen-bond acceptors (Lipinski definition) is 2. The van der Waals surface area contributed by atoms with E-state index >= 15 is 0 Å². The fourth-order valence-corrected chi connectivity index (χ4v) is 3.12. The summed E-state index contributed by atoms with van der Waals surface area (Å²) in [5.74, 6) is 0.154. The highest BCUT2D eigenvalue weighted by Crippen LogP contribution is 2.40. The smallest absolute Gasteiger partial charge is 0.134 e. The van der Waals surface area contributed by atoms with Crippen molar-refractivity contribution < 1.29 is 5.11 Å². The normalized spacial score (nSPS) is 18.1. The van der Waals surface area contributed by atoms with Crippen molar-refractivity contribution >= 4 is 11.6 Å². The molecule has 1 aromatic carbocycles. The van der Waals surface area contributed by atoms with Crippen molar-refractivity contribution in [2.75, 3.05) is 6.54 Å². The Morgan fingerprint density at radius 2 is 2.06 bits per heavy atom. The SMILES string of the molecule is CCC1(CNCc2ccc(O)c(Cl)c2)CCCC1. The minimum atomic E-state index is 0.154. The molecule has 1 aliphatic carbocycles. The number of halogens is 1. The quantitative estimate of drug-likeness (QED) is 0.842.